The summed E-state index contributed by atoms with van der Waals surface area (Å²) in [5.41, 5.74) is 0. The van der Waals surface area contributed by atoms with Crippen molar-refractivity contribution >= 4 is 0 Å². The lowest BCUT2D eigenvalue weighted by Crippen LogP contribution is -2.46. The summed E-state index contributed by atoms with van der Waals surface area (Å²) in [5.74, 6) is 1.05. The molecule has 0 saturated heterocycles. The number of aliphatic hydroxyl groups excluding tert-OH is 1. The normalized spacial score (nSPS) is 30.9. The van der Waals surface area contributed by atoms with Gasteiger partial charge in [-0.05, 0) is 31.1 Å². The molecule has 0 radical (unpaired) electrons. The molecule has 1 N–H and O–H groups in total. The van der Waals surface area contributed by atoms with E-state index in [9.17, 15) is 13.2 Å². The Morgan fingerprint density at radius 3 is 2.29 bits per heavy atom. The molecule has 0 bridgehead atoms. The fraction of sp³-hybridized carbons (Fsp3) is 1.00. The number of aliphatic hydroxyl groups is 1. The van der Waals surface area contributed by atoms with Crippen molar-refractivity contribution in [3.63, 3.8) is 0 Å². The molecule has 1 saturated carbocycles. The quantitative estimate of drug-likeness (QED) is 0.832. The first-order valence-electron chi connectivity index (χ1n) is 6.25. The van der Waals surface area contributed by atoms with E-state index < -0.39 is 12.7 Å². The summed E-state index contributed by atoms with van der Waals surface area (Å²) in [7, 11) is 0. The third kappa shape index (κ3) is 4.84. The highest BCUT2D eigenvalue weighted by Crippen LogP contribution is 2.33. The summed E-state index contributed by atoms with van der Waals surface area (Å²) in [5, 5.41) is 8.87. The van der Waals surface area contributed by atoms with Crippen molar-refractivity contribution < 1.29 is 18.3 Å². The molecule has 0 aliphatic heterocycles. The molecule has 0 heterocycles. The second-order valence-electron chi connectivity index (χ2n) is 5.23. The smallest absolute Gasteiger partial charge is 0.395 e. The first-order valence-corrected chi connectivity index (χ1v) is 6.25. The van der Waals surface area contributed by atoms with Crippen molar-refractivity contribution in [1.29, 1.82) is 0 Å². The van der Waals surface area contributed by atoms with Crippen molar-refractivity contribution in [2.75, 3.05) is 19.7 Å². The Balaban J connectivity index is 2.58. The molecule has 102 valence electrons. The topological polar surface area (TPSA) is 23.5 Å². The molecule has 17 heavy (non-hydrogen) atoms. The van der Waals surface area contributed by atoms with E-state index in [0.717, 1.165) is 19.3 Å². The van der Waals surface area contributed by atoms with Crippen LogP contribution in [0.15, 0.2) is 0 Å². The minimum Gasteiger partial charge on any atom is -0.395 e. The Labute approximate surface area is 101 Å². The second-order valence-corrected chi connectivity index (χ2v) is 5.23. The lowest BCUT2D eigenvalue weighted by atomic mass is 9.78. The van der Waals surface area contributed by atoms with Gasteiger partial charge in [-0.25, -0.2) is 0 Å². The standard InChI is InChI=1S/C12H22F3NO/c1-9-3-4-11(7-10(9)2)16(5-6-17)8-12(13,14)15/h9-11,17H,3-8H2,1-2H3. The van der Waals surface area contributed by atoms with Crippen LogP contribution >= 0.6 is 0 Å². The Hall–Kier alpha value is -0.290. The van der Waals surface area contributed by atoms with Crippen LogP contribution in [-0.2, 0) is 0 Å². The van der Waals surface area contributed by atoms with E-state index in [1.807, 2.05) is 0 Å². The molecule has 0 amide bonds. The SMILES string of the molecule is CC1CCC(N(CCO)CC(F)(F)F)CC1C. The van der Waals surface area contributed by atoms with Gasteiger partial charge in [0.1, 0.15) is 0 Å². The summed E-state index contributed by atoms with van der Waals surface area (Å²) in [6.07, 6.45) is -1.59. The minimum atomic E-state index is -4.18. The average Bonchev–Trinajstić information content (AvgIpc) is 2.19. The van der Waals surface area contributed by atoms with E-state index in [0.29, 0.717) is 11.8 Å². The van der Waals surface area contributed by atoms with Crippen LogP contribution in [0.1, 0.15) is 33.1 Å². The van der Waals surface area contributed by atoms with Crippen LogP contribution in [0.4, 0.5) is 13.2 Å². The van der Waals surface area contributed by atoms with Crippen LogP contribution in [0.3, 0.4) is 0 Å². The van der Waals surface area contributed by atoms with E-state index in [2.05, 4.69) is 13.8 Å². The largest absolute Gasteiger partial charge is 0.401 e. The summed E-state index contributed by atoms with van der Waals surface area (Å²) in [6.45, 7) is 3.25. The summed E-state index contributed by atoms with van der Waals surface area (Å²) in [4.78, 5) is 1.39. The monoisotopic (exact) mass is 253 g/mol. The van der Waals surface area contributed by atoms with Crippen LogP contribution in [0, 0.1) is 11.8 Å². The summed E-state index contributed by atoms with van der Waals surface area (Å²) in [6, 6.07) is -0.0324. The van der Waals surface area contributed by atoms with Crippen LogP contribution in [0.5, 0.6) is 0 Å². The van der Waals surface area contributed by atoms with Gasteiger partial charge in [0.2, 0.25) is 0 Å². The van der Waals surface area contributed by atoms with Crippen LogP contribution in [-0.4, -0.2) is 41.9 Å². The molecular weight excluding hydrogens is 231 g/mol. The molecule has 1 fully saturated rings. The summed E-state index contributed by atoms with van der Waals surface area (Å²) >= 11 is 0. The number of rotatable bonds is 4. The molecule has 0 aromatic carbocycles. The maximum Gasteiger partial charge on any atom is 0.401 e. The van der Waals surface area contributed by atoms with Crippen LogP contribution < -0.4 is 0 Å². The van der Waals surface area contributed by atoms with Gasteiger partial charge in [0.05, 0.1) is 13.2 Å². The number of alkyl halides is 3. The highest BCUT2D eigenvalue weighted by molar-refractivity contribution is 4.83. The van der Waals surface area contributed by atoms with E-state index in [4.69, 9.17) is 5.11 Å². The third-order valence-corrected chi connectivity index (χ3v) is 3.86. The van der Waals surface area contributed by atoms with Gasteiger partial charge in [0, 0.05) is 12.6 Å². The van der Waals surface area contributed by atoms with Gasteiger partial charge in [-0.3, -0.25) is 4.90 Å². The molecule has 0 spiro atoms. The third-order valence-electron chi connectivity index (χ3n) is 3.86. The van der Waals surface area contributed by atoms with E-state index in [1.54, 1.807) is 0 Å². The predicted molar refractivity (Wildman–Crippen MR) is 60.7 cm³/mol. The molecule has 1 rings (SSSR count). The molecule has 1 aliphatic carbocycles. The van der Waals surface area contributed by atoms with E-state index in [-0.39, 0.29) is 19.2 Å². The Kier molecular flexibility index (Phi) is 5.25. The number of halogens is 3. The highest BCUT2D eigenvalue weighted by atomic mass is 19.4. The van der Waals surface area contributed by atoms with Gasteiger partial charge in [-0.2, -0.15) is 13.2 Å². The van der Waals surface area contributed by atoms with Crippen LogP contribution in [0.2, 0.25) is 0 Å². The Bertz CT molecular complexity index is 232. The molecular formula is C12H22F3NO. The van der Waals surface area contributed by atoms with Crippen molar-refractivity contribution in [3.05, 3.63) is 0 Å². The van der Waals surface area contributed by atoms with Gasteiger partial charge in [-0.1, -0.05) is 13.8 Å². The fourth-order valence-corrected chi connectivity index (χ4v) is 2.60. The molecule has 1 aliphatic rings. The number of nitrogens with zero attached hydrogens (tertiary/aromatic N) is 1. The maximum atomic E-state index is 12.4. The first-order chi connectivity index (χ1) is 7.83. The zero-order chi connectivity index (χ0) is 13.1. The van der Waals surface area contributed by atoms with Crippen LogP contribution in [0.25, 0.3) is 0 Å². The van der Waals surface area contributed by atoms with Gasteiger partial charge >= 0.3 is 6.18 Å². The van der Waals surface area contributed by atoms with Gasteiger partial charge in [-0.15, -0.1) is 0 Å². The molecule has 3 unspecified atom stereocenters. The Morgan fingerprint density at radius 2 is 1.82 bits per heavy atom. The lowest BCUT2D eigenvalue weighted by molar-refractivity contribution is -0.154. The highest BCUT2D eigenvalue weighted by Gasteiger charge is 2.36. The summed E-state index contributed by atoms with van der Waals surface area (Å²) < 4.78 is 37.3. The zero-order valence-corrected chi connectivity index (χ0v) is 10.5. The predicted octanol–water partition coefficient (Wildman–Crippen LogP) is 2.67. The second kappa shape index (κ2) is 6.05. The van der Waals surface area contributed by atoms with Crippen molar-refractivity contribution in [2.24, 2.45) is 11.8 Å². The fourth-order valence-electron chi connectivity index (χ4n) is 2.60. The van der Waals surface area contributed by atoms with Crippen molar-refractivity contribution in [2.45, 2.75) is 45.3 Å². The first kappa shape index (κ1) is 14.8. The van der Waals surface area contributed by atoms with Crippen molar-refractivity contribution in [1.82, 2.24) is 4.90 Å². The molecule has 0 aromatic heterocycles. The number of hydrogen-bond donors (Lipinski definition) is 1. The number of hydrogen-bond acceptors (Lipinski definition) is 2. The molecule has 2 nitrogen and oxygen atoms in total. The van der Waals surface area contributed by atoms with Gasteiger partial charge < -0.3 is 5.11 Å². The maximum absolute atomic E-state index is 12.4. The van der Waals surface area contributed by atoms with E-state index in [1.165, 1.54) is 4.90 Å². The van der Waals surface area contributed by atoms with E-state index >= 15 is 0 Å². The zero-order valence-electron chi connectivity index (χ0n) is 10.5. The van der Waals surface area contributed by atoms with Gasteiger partial charge in [0.15, 0.2) is 0 Å². The van der Waals surface area contributed by atoms with Crippen molar-refractivity contribution in [3.8, 4) is 0 Å². The Morgan fingerprint density at radius 1 is 1.18 bits per heavy atom. The molecule has 5 heteroatoms. The molecule has 3 atom stereocenters. The average molecular weight is 253 g/mol. The van der Waals surface area contributed by atoms with Gasteiger partial charge in [0.25, 0.3) is 0 Å². The lowest BCUT2D eigenvalue weighted by Gasteiger charge is -2.39. The molecule has 0 aromatic rings. The minimum absolute atomic E-state index is 0.0324.